The molecule has 1 unspecified atom stereocenters. The maximum absolute atomic E-state index is 10.6. The SMILES string of the molecule is O=S(=O)(O)O[C@@H](CO)[C@H](O)C[Se+]1C[C@H](O)[C@@H](O)[C@@H]1[C@@H](O)CO. The summed E-state index contributed by atoms with van der Waals surface area (Å²) < 4.78 is 34.0. The van der Waals surface area contributed by atoms with Crippen LogP contribution in [0, 0.1) is 0 Å². The molecule has 0 aromatic heterocycles. The normalized spacial score (nSPS) is 33.6. The van der Waals surface area contributed by atoms with Gasteiger partial charge in [-0.1, -0.05) is 0 Å². The fraction of sp³-hybridized carbons (Fsp3) is 1.00. The van der Waals surface area contributed by atoms with Gasteiger partial charge in [0.25, 0.3) is 0 Å². The molecule has 22 heavy (non-hydrogen) atoms. The summed E-state index contributed by atoms with van der Waals surface area (Å²) in [6.45, 7) is -1.51. The molecule has 1 aliphatic rings. The maximum atomic E-state index is 10.6. The van der Waals surface area contributed by atoms with Gasteiger partial charge in [0, 0.05) is 0 Å². The molecule has 7 atom stereocenters. The Hall–Kier alpha value is 0.149. The molecular formula is C10H21O10SSe+. The summed E-state index contributed by atoms with van der Waals surface area (Å²) in [5.41, 5.74) is 0. The average molecular weight is 412 g/mol. The van der Waals surface area contributed by atoms with Gasteiger partial charge < -0.3 is 0 Å². The second kappa shape index (κ2) is 8.31. The Bertz CT molecular complexity index is 445. The van der Waals surface area contributed by atoms with Crippen LogP contribution in [0.25, 0.3) is 0 Å². The summed E-state index contributed by atoms with van der Waals surface area (Å²) in [7, 11) is -4.86. The molecule has 1 rings (SSSR count). The summed E-state index contributed by atoms with van der Waals surface area (Å²) in [6.07, 6.45) is -6.73. The molecule has 0 bridgehead atoms. The van der Waals surface area contributed by atoms with E-state index in [-0.39, 0.29) is 10.6 Å². The van der Waals surface area contributed by atoms with Crippen LogP contribution in [-0.2, 0) is 14.6 Å². The van der Waals surface area contributed by atoms with Gasteiger partial charge in [-0.2, -0.15) is 0 Å². The van der Waals surface area contributed by atoms with Gasteiger partial charge in [0.15, 0.2) is 0 Å². The van der Waals surface area contributed by atoms with E-state index in [1.165, 1.54) is 0 Å². The van der Waals surface area contributed by atoms with Gasteiger partial charge in [-0.3, -0.25) is 0 Å². The molecule has 0 saturated carbocycles. The van der Waals surface area contributed by atoms with Crippen molar-refractivity contribution in [2.24, 2.45) is 0 Å². The predicted octanol–water partition coefficient (Wildman–Crippen LogP) is -3.52. The van der Waals surface area contributed by atoms with E-state index in [0.717, 1.165) is 0 Å². The predicted molar refractivity (Wildman–Crippen MR) is 73.7 cm³/mol. The van der Waals surface area contributed by atoms with E-state index in [9.17, 15) is 28.8 Å². The van der Waals surface area contributed by atoms with Crippen LogP contribution in [0.1, 0.15) is 0 Å². The van der Waals surface area contributed by atoms with Crippen molar-refractivity contribution in [1.82, 2.24) is 0 Å². The van der Waals surface area contributed by atoms with Crippen molar-refractivity contribution in [3.8, 4) is 0 Å². The first-order valence-corrected chi connectivity index (χ1v) is 11.1. The van der Waals surface area contributed by atoms with Crippen LogP contribution in [0.4, 0.5) is 0 Å². The van der Waals surface area contributed by atoms with Crippen molar-refractivity contribution < 1.29 is 47.8 Å². The Morgan fingerprint density at radius 3 is 2.23 bits per heavy atom. The van der Waals surface area contributed by atoms with E-state index in [1.54, 1.807) is 0 Å². The zero-order valence-corrected chi connectivity index (χ0v) is 14.0. The fourth-order valence-electron chi connectivity index (χ4n) is 2.28. The number of hydrogen-bond acceptors (Lipinski definition) is 9. The topological polar surface area (TPSA) is 185 Å². The summed E-state index contributed by atoms with van der Waals surface area (Å²) in [5, 5.41) is 57.2. The molecular weight excluding hydrogens is 391 g/mol. The van der Waals surface area contributed by atoms with E-state index < -0.39 is 72.8 Å². The minimum atomic E-state index is -4.86. The molecule has 1 fully saturated rings. The van der Waals surface area contributed by atoms with E-state index in [0.29, 0.717) is 0 Å². The van der Waals surface area contributed by atoms with Gasteiger partial charge in [-0.05, 0) is 0 Å². The Kier molecular flexibility index (Phi) is 7.63. The van der Waals surface area contributed by atoms with Gasteiger partial charge in [-0.15, -0.1) is 0 Å². The van der Waals surface area contributed by atoms with Crippen molar-refractivity contribution in [3.63, 3.8) is 0 Å². The standard InChI is InChI=1S/C10H20O10SSe/c11-1-5(13)10-9(16)7(15)4-22(10)3-6(14)8(2-12)20-21(17,18)19/h5-16H,1-4H2/p+1/t5-,6+,7-,8-,9+,10-,22?/m0/s1. The fourth-order valence-corrected chi connectivity index (χ4v) is 9.02. The molecule has 1 heterocycles. The molecule has 0 spiro atoms. The van der Waals surface area contributed by atoms with E-state index in [1.807, 2.05) is 0 Å². The molecule has 0 amide bonds. The van der Waals surface area contributed by atoms with Crippen molar-refractivity contribution in [2.45, 2.75) is 46.0 Å². The van der Waals surface area contributed by atoms with Crippen LogP contribution in [0.5, 0.6) is 0 Å². The summed E-state index contributed by atoms with van der Waals surface area (Å²) in [5.74, 6) is 0. The summed E-state index contributed by atoms with van der Waals surface area (Å²) in [4.78, 5) is -0.806. The molecule has 0 aliphatic carbocycles. The third kappa shape index (κ3) is 5.35. The molecule has 12 heteroatoms. The quantitative estimate of drug-likeness (QED) is 0.156. The Balaban J connectivity index is 2.77. The van der Waals surface area contributed by atoms with E-state index in [4.69, 9.17) is 14.8 Å². The number of aliphatic hydroxyl groups excluding tert-OH is 6. The van der Waals surface area contributed by atoms with Crippen LogP contribution in [0.3, 0.4) is 0 Å². The molecule has 1 aliphatic heterocycles. The first-order valence-electron chi connectivity index (χ1n) is 6.36. The molecule has 132 valence electrons. The average Bonchev–Trinajstić information content (AvgIpc) is 2.69. The second-order valence-electron chi connectivity index (χ2n) is 4.96. The Labute approximate surface area is 131 Å². The second-order valence-corrected chi connectivity index (χ2v) is 10.8. The van der Waals surface area contributed by atoms with Gasteiger partial charge in [0.05, 0.1) is 0 Å². The van der Waals surface area contributed by atoms with Crippen molar-refractivity contribution in [2.75, 3.05) is 13.2 Å². The van der Waals surface area contributed by atoms with Crippen molar-refractivity contribution in [3.05, 3.63) is 0 Å². The van der Waals surface area contributed by atoms with Gasteiger partial charge in [0.1, 0.15) is 0 Å². The summed E-state index contributed by atoms with van der Waals surface area (Å²) in [6, 6.07) is 0. The van der Waals surface area contributed by atoms with Crippen molar-refractivity contribution >= 4 is 24.3 Å². The Morgan fingerprint density at radius 2 is 1.77 bits per heavy atom. The van der Waals surface area contributed by atoms with E-state index in [2.05, 4.69) is 4.18 Å². The number of aliphatic hydroxyl groups is 6. The first-order chi connectivity index (χ1) is 10.1. The molecule has 1 saturated heterocycles. The van der Waals surface area contributed by atoms with Crippen molar-refractivity contribution in [1.29, 1.82) is 0 Å². The number of hydrogen-bond donors (Lipinski definition) is 7. The third-order valence-electron chi connectivity index (χ3n) is 3.31. The molecule has 7 N–H and O–H groups in total. The van der Waals surface area contributed by atoms with Crippen LogP contribution in [0.15, 0.2) is 0 Å². The monoisotopic (exact) mass is 413 g/mol. The summed E-state index contributed by atoms with van der Waals surface area (Å²) >= 11 is -2.05. The first kappa shape index (κ1) is 20.2. The zero-order chi connectivity index (χ0) is 17.1. The minimum absolute atomic E-state index is 0.101. The van der Waals surface area contributed by atoms with Crippen LogP contribution < -0.4 is 0 Å². The zero-order valence-electron chi connectivity index (χ0n) is 11.5. The molecule has 0 aromatic rings. The number of rotatable bonds is 8. The van der Waals surface area contributed by atoms with E-state index >= 15 is 0 Å². The van der Waals surface area contributed by atoms with Gasteiger partial charge in [-0.25, -0.2) is 0 Å². The van der Waals surface area contributed by atoms with Crippen LogP contribution in [0.2, 0.25) is 15.5 Å². The molecule has 10 nitrogen and oxygen atoms in total. The molecule has 0 radical (unpaired) electrons. The Morgan fingerprint density at radius 1 is 1.18 bits per heavy atom. The molecule has 0 aromatic carbocycles. The van der Waals surface area contributed by atoms with Gasteiger partial charge >= 0.3 is 131 Å². The van der Waals surface area contributed by atoms with Crippen LogP contribution in [-0.4, -0.2) is 101 Å². The van der Waals surface area contributed by atoms with Gasteiger partial charge in [0.2, 0.25) is 0 Å². The van der Waals surface area contributed by atoms with Crippen LogP contribution >= 0.6 is 0 Å². The third-order valence-corrected chi connectivity index (χ3v) is 9.89.